The number of likely N-dealkylation sites (tertiary alicyclic amines) is 2. The predicted octanol–water partition coefficient (Wildman–Crippen LogP) is 16.3. The van der Waals surface area contributed by atoms with Crippen molar-refractivity contribution in [2.24, 2.45) is 52.9 Å². The highest BCUT2D eigenvalue weighted by atomic mass is 35.5. The molecule has 6 saturated heterocycles. The molecule has 16 rings (SSSR count). The van der Waals surface area contributed by atoms with Gasteiger partial charge in [-0.05, 0) is 209 Å². The van der Waals surface area contributed by atoms with Gasteiger partial charge in [-0.2, -0.15) is 0 Å². The number of anilines is 4. The number of carbonyl (C=O) groups is 6. The van der Waals surface area contributed by atoms with E-state index in [4.69, 9.17) is 72.1 Å². The van der Waals surface area contributed by atoms with Gasteiger partial charge in [0.25, 0.3) is 0 Å². The average Bonchev–Trinajstić information content (AvgIpc) is 1.04. The van der Waals surface area contributed by atoms with Crippen LogP contribution in [-0.2, 0) is 68.7 Å². The normalized spacial score (nSPS) is 20.7. The summed E-state index contributed by atoms with van der Waals surface area (Å²) in [5.41, 5.74) is 26.7. The maximum atomic E-state index is 12.8. The first-order valence-corrected chi connectivity index (χ1v) is 45.3. The van der Waals surface area contributed by atoms with Crippen molar-refractivity contribution in [3.05, 3.63) is 189 Å². The maximum Gasteiger partial charge on any atom is 0.223 e. The third kappa shape index (κ3) is 26.9. The van der Waals surface area contributed by atoms with Gasteiger partial charge in [-0.1, -0.05) is 101 Å². The van der Waals surface area contributed by atoms with E-state index < -0.39 is 0 Å². The molecule has 8 aliphatic rings. The summed E-state index contributed by atoms with van der Waals surface area (Å²) >= 11 is 25.8. The number of hydrogen-bond donors (Lipinski definition) is 7. The molecule has 0 unspecified atom stereocenters. The Labute approximate surface area is 737 Å². The summed E-state index contributed by atoms with van der Waals surface area (Å²) in [7, 11) is 1.73. The van der Waals surface area contributed by atoms with Crippen LogP contribution in [0.15, 0.2) is 146 Å². The molecule has 2 amide bonds. The minimum atomic E-state index is -0.254. The third-order valence-corrected chi connectivity index (χ3v) is 26.1. The van der Waals surface area contributed by atoms with Crippen LogP contribution in [0.2, 0.25) is 20.1 Å². The zero-order chi connectivity index (χ0) is 85.3. The summed E-state index contributed by atoms with van der Waals surface area (Å²) < 4.78 is 16.3. The first-order chi connectivity index (χ1) is 59.2. The molecular weight excluding hydrogens is 1620 g/mol. The number of ketones is 4. The number of hydrogen-bond acceptors (Lipinski definition) is 20. The SMILES string of the molecule is CN1C[C@H](C(=O)Cc2cc(-c3cccc(NCC4CCOCC4)c3)c(Cl)cn2)CC1=O.N[C@@H]1CCC[C@H](C(=O)Cc2cc(-c3cccc(NCCN4CCCC4=O)c3)c(Cl)cn2)C1.N[C@@H]1CC[C@@H](C(=O)Cc2cc(-c3cccc(NCC4CCOCC4)c3)c(Cl)cn2)C1.O=C(Cc1cc(-c2cccc(NCC3CCOCC3)c2)c(Cl)cn1)[C@@H]1CCNC1. The molecule has 2 aliphatic carbocycles. The van der Waals surface area contributed by atoms with Gasteiger partial charge in [0.05, 0.1) is 20.1 Å². The first-order valence-electron chi connectivity index (χ1n) is 43.8. The van der Waals surface area contributed by atoms with Crippen molar-refractivity contribution >= 4 is 104 Å². The Balaban J connectivity index is 0.000000140. The van der Waals surface area contributed by atoms with Gasteiger partial charge in [-0.15, -0.1) is 0 Å². The Kier molecular flexibility index (Phi) is 34.1. The number of carbonyl (C=O) groups excluding carboxylic acids is 6. The van der Waals surface area contributed by atoms with Crippen LogP contribution in [0.4, 0.5) is 22.7 Å². The van der Waals surface area contributed by atoms with Crippen molar-refractivity contribution in [2.75, 3.05) is 127 Å². The number of Topliss-reactive ketones (excluding diaryl/α,β-unsaturated/α-hetero) is 4. The molecular formula is C96H117Cl4N13O9. The number of amides is 2. The topological polar surface area (TPSA) is 300 Å². The molecule has 9 N–H and O–H groups in total. The molecule has 22 nitrogen and oxygen atoms in total. The number of halogens is 4. The highest BCUT2D eigenvalue weighted by molar-refractivity contribution is 6.34. The van der Waals surface area contributed by atoms with Gasteiger partial charge in [0.2, 0.25) is 11.8 Å². The van der Waals surface area contributed by atoms with Crippen LogP contribution < -0.4 is 38.1 Å². The lowest BCUT2D eigenvalue weighted by atomic mass is 9.82. The van der Waals surface area contributed by atoms with Gasteiger partial charge in [-0.3, -0.25) is 48.7 Å². The summed E-state index contributed by atoms with van der Waals surface area (Å²) in [6, 6.07) is 40.7. The molecule has 8 aromatic rings. The van der Waals surface area contributed by atoms with E-state index in [1.807, 2.05) is 89.8 Å². The molecule has 6 aliphatic heterocycles. The fourth-order valence-electron chi connectivity index (χ4n) is 17.4. The molecule has 0 radical (unpaired) electrons. The molecule has 6 atom stereocenters. The summed E-state index contributed by atoms with van der Waals surface area (Å²) in [6.07, 6.45) is 23.5. The van der Waals surface area contributed by atoms with Crippen molar-refractivity contribution in [3.8, 4) is 44.5 Å². The van der Waals surface area contributed by atoms with Gasteiger partial charge in [-0.25, -0.2) is 0 Å². The Bertz CT molecular complexity index is 4860. The van der Waals surface area contributed by atoms with E-state index >= 15 is 0 Å². The number of nitrogens with zero attached hydrogens (tertiary/aromatic N) is 6. The molecule has 2 saturated carbocycles. The van der Waals surface area contributed by atoms with E-state index in [-0.39, 0.29) is 83.5 Å². The zero-order valence-corrected chi connectivity index (χ0v) is 73.1. The van der Waals surface area contributed by atoms with Crippen molar-refractivity contribution in [3.63, 3.8) is 0 Å². The smallest absolute Gasteiger partial charge is 0.223 e. The van der Waals surface area contributed by atoms with Crippen molar-refractivity contribution in [2.45, 2.75) is 147 Å². The number of benzene rings is 4. The van der Waals surface area contributed by atoms with Crippen molar-refractivity contribution in [1.82, 2.24) is 35.1 Å². The second-order valence-corrected chi connectivity index (χ2v) is 35.6. The largest absolute Gasteiger partial charge is 0.385 e. The van der Waals surface area contributed by atoms with E-state index in [0.717, 1.165) is 260 Å². The molecule has 26 heteroatoms. The Hall–Kier alpha value is -8.78. The molecule has 0 spiro atoms. The van der Waals surface area contributed by atoms with Crippen LogP contribution >= 0.6 is 46.4 Å². The van der Waals surface area contributed by atoms with Crippen LogP contribution in [0, 0.1) is 41.4 Å². The van der Waals surface area contributed by atoms with Crippen molar-refractivity contribution < 1.29 is 43.0 Å². The Morgan fingerprint density at radius 1 is 0.443 bits per heavy atom. The fraction of sp³-hybridized carbons (Fsp3) is 0.479. The number of rotatable bonds is 29. The molecule has 4 aromatic heterocycles. The second kappa shape index (κ2) is 45.7. The highest BCUT2D eigenvalue weighted by Gasteiger charge is 2.34. The lowest BCUT2D eigenvalue weighted by molar-refractivity contribution is -0.128. The summed E-state index contributed by atoms with van der Waals surface area (Å²) in [5, 5.41) is 19.6. The number of aromatic nitrogens is 4. The van der Waals surface area contributed by atoms with Crippen LogP contribution in [0.5, 0.6) is 0 Å². The Morgan fingerprint density at radius 2 is 0.820 bits per heavy atom. The number of nitrogens with two attached hydrogens (primary N) is 2. The first kappa shape index (κ1) is 90.9. The van der Waals surface area contributed by atoms with Gasteiger partial charge >= 0.3 is 0 Å². The summed E-state index contributed by atoms with van der Waals surface area (Å²) in [5.74, 6) is 2.89. The maximum absolute atomic E-state index is 12.8. The Morgan fingerprint density at radius 3 is 1.16 bits per heavy atom. The van der Waals surface area contributed by atoms with Crippen molar-refractivity contribution in [1.29, 1.82) is 0 Å². The fourth-order valence-corrected chi connectivity index (χ4v) is 18.3. The van der Waals surface area contributed by atoms with Crippen LogP contribution in [0.25, 0.3) is 44.5 Å². The molecule has 648 valence electrons. The summed E-state index contributed by atoms with van der Waals surface area (Å²) in [4.78, 5) is 95.2. The number of nitrogens with one attached hydrogen (secondary N) is 5. The molecule has 10 heterocycles. The van der Waals surface area contributed by atoms with Crippen LogP contribution in [0.3, 0.4) is 0 Å². The molecule has 0 bridgehead atoms. The standard InChI is InChI=1S/C25H31ClN4O2.C24H28ClN3O3.C24H30ClN3O2.C23H28ClN3O2/c26-23-16-29-21(15-24(31)18-5-1-6-19(27)12-18)14-22(23)17-4-2-7-20(13-17)28-9-11-30-10-3-8-25(30)32;1-28-15-18(10-24(28)30)23(29)12-20-11-21(22(25)14-27-20)17-3-2-4-19(9-17)26-13-16-5-7-31-8-6-16;25-23-15-28-21(13-24(29)18-4-5-19(26)10-18)12-22(23)17-2-1-3-20(11-17)27-14-16-6-8-30-9-7-16;24-22-15-27-20(12-23(28)18-4-7-25-14-18)11-21(22)17-2-1-3-19(10-17)26-13-16-5-8-29-9-6-16/h2,4,7,13-14,16,18-19,28H,1,3,5-6,8-12,15,27H2;2-4,9,11,14,16,18,26H,5-8,10,12-13,15H2,1H3;1-3,11-12,15-16,18-19,27H,4-10,13-14,26H2;1-3,10-11,15-16,18,25-26H,4-9,12-14H2/t18-,19+;18-;18-,19-;18-/m0111/s1. The van der Waals surface area contributed by atoms with Crippen LogP contribution in [-0.4, -0.2) is 182 Å². The van der Waals surface area contributed by atoms with Gasteiger partial charge < -0.3 is 62.1 Å². The summed E-state index contributed by atoms with van der Waals surface area (Å²) in [6.45, 7) is 12.4. The van der Waals surface area contributed by atoms with E-state index in [9.17, 15) is 28.8 Å². The lowest BCUT2D eigenvalue weighted by Gasteiger charge is -2.25. The minimum Gasteiger partial charge on any atom is -0.385 e. The van der Waals surface area contributed by atoms with Gasteiger partial charge in [0, 0.05) is 266 Å². The third-order valence-electron chi connectivity index (χ3n) is 24.9. The average molecular weight is 1740 g/mol. The van der Waals surface area contributed by atoms with E-state index in [1.54, 1.807) is 36.7 Å². The number of pyridine rings is 4. The van der Waals surface area contributed by atoms with E-state index in [1.165, 1.54) is 0 Å². The molecule has 4 aromatic carbocycles. The zero-order valence-electron chi connectivity index (χ0n) is 70.0. The number of ether oxygens (including phenoxy) is 3. The van der Waals surface area contributed by atoms with Crippen LogP contribution in [0.1, 0.15) is 132 Å². The molecule has 8 fully saturated rings. The quantitative estimate of drug-likeness (QED) is 0.0229. The van der Waals surface area contributed by atoms with Gasteiger partial charge in [0.1, 0.15) is 23.1 Å². The lowest BCUT2D eigenvalue weighted by Crippen LogP contribution is -2.32. The van der Waals surface area contributed by atoms with Gasteiger partial charge in [0.15, 0.2) is 0 Å². The van der Waals surface area contributed by atoms with E-state index in [2.05, 4.69) is 82.9 Å². The highest BCUT2D eigenvalue weighted by Crippen LogP contribution is 2.37. The minimum absolute atomic E-state index is 0.0215. The second-order valence-electron chi connectivity index (χ2n) is 34.0. The van der Waals surface area contributed by atoms with E-state index in [0.29, 0.717) is 88.9 Å². The monoisotopic (exact) mass is 1740 g/mol. The molecule has 122 heavy (non-hydrogen) atoms. The predicted molar refractivity (Wildman–Crippen MR) is 486 cm³/mol.